The maximum absolute atomic E-state index is 5.40. The van der Waals surface area contributed by atoms with E-state index in [2.05, 4.69) is 26.1 Å². The number of hydrogen-bond acceptors (Lipinski definition) is 2. The van der Waals surface area contributed by atoms with Crippen LogP contribution in [0.1, 0.15) is 46.5 Å². The van der Waals surface area contributed by atoms with Gasteiger partial charge < -0.3 is 10.1 Å². The van der Waals surface area contributed by atoms with Crippen LogP contribution in [0, 0.1) is 11.8 Å². The van der Waals surface area contributed by atoms with Crippen LogP contribution < -0.4 is 5.32 Å². The second-order valence-corrected chi connectivity index (χ2v) is 5.02. The maximum Gasteiger partial charge on any atom is 0.0468 e. The fraction of sp³-hybridized carbons (Fsp3) is 1.00. The Labute approximate surface area is 94.8 Å². The van der Waals surface area contributed by atoms with Crippen molar-refractivity contribution in [1.82, 2.24) is 5.32 Å². The SMILES string of the molecule is CCCNC(C)CC(C)C1CCOCC1. The summed E-state index contributed by atoms with van der Waals surface area (Å²) in [5.41, 5.74) is 0. The summed E-state index contributed by atoms with van der Waals surface area (Å²) in [6.45, 7) is 10.0. The van der Waals surface area contributed by atoms with Crippen molar-refractivity contribution in [3.8, 4) is 0 Å². The zero-order valence-electron chi connectivity index (χ0n) is 10.6. The van der Waals surface area contributed by atoms with E-state index in [1.807, 2.05) is 0 Å². The molecule has 2 nitrogen and oxygen atoms in total. The van der Waals surface area contributed by atoms with Crippen molar-refractivity contribution in [2.45, 2.75) is 52.5 Å². The van der Waals surface area contributed by atoms with Crippen molar-refractivity contribution in [3.05, 3.63) is 0 Å². The first kappa shape index (κ1) is 13.0. The molecule has 0 spiro atoms. The molecule has 1 heterocycles. The van der Waals surface area contributed by atoms with Crippen molar-refractivity contribution in [3.63, 3.8) is 0 Å². The van der Waals surface area contributed by atoms with Crippen LogP contribution in [0.2, 0.25) is 0 Å². The van der Waals surface area contributed by atoms with E-state index in [1.165, 1.54) is 25.7 Å². The van der Waals surface area contributed by atoms with Gasteiger partial charge in [-0.05, 0) is 51.0 Å². The van der Waals surface area contributed by atoms with Crippen LogP contribution in [0.4, 0.5) is 0 Å². The average molecular weight is 213 g/mol. The highest BCUT2D eigenvalue weighted by molar-refractivity contribution is 4.73. The van der Waals surface area contributed by atoms with Gasteiger partial charge in [-0.1, -0.05) is 13.8 Å². The quantitative estimate of drug-likeness (QED) is 0.732. The van der Waals surface area contributed by atoms with Gasteiger partial charge in [0.25, 0.3) is 0 Å². The summed E-state index contributed by atoms with van der Waals surface area (Å²) in [5, 5.41) is 3.57. The molecule has 90 valence electrons. The Morgan fingerprint density at radius 1 is 1.27 bits per heavy atom. The Morgan fingerprint density at radius 3 is 2.53 bits per heavy atom. The Hall–Kier alpha value is -0.0800. The van der Waals surface area contributed by atoms with Gasteiger partial charge in [-0.15, -0.1) is 0 Å². The molecule has 1 aliphatic heterocycles. The summed E-state index contributed by atoms with van der Waals surface area (Å²) in [7, 11) is 0. The molecule has 1 rings (SSSR count). The second kappa shape index (κ2) is 7.24. The Kier molecular flexibility index (Phi) is 6.26. The molecule has 2 unspecified atom stereocenters. The van der Waals surface area contributed by atoms with Gasteiger partial charge in [-0.2, -0.15) is 0 Å². The van der Waals surface area contributed by atoms with E-state index in [0.29, 0.717) is 6.04 Å². The van der Waals surface area contributed by atoms with Gasteiger partial charge in [0, 0.05) is 19.3 Å². The van der Waals surface area contributed by atoms with Gasteiger partial charge in [0.1, 0.15) is 0 Å². The third-order valence-electron chi connectivity index (χ3n) is 3.54. The molecule has 0 saturated carbocycles. The standard InChI is InChI=1S/C13H27NO/c1-4-7-14-12(3)10-11(2)13-5-8-15-9-6-13/h11-14H,4-10H2,1-3H3. The summed E-state index contributed by atoms with van der Waals surface area (Å²) in [5.74, 6) is 1.73. The molecule has 0 aliphatic carbocycles. The lowest BCUT2D eigenvalue weighted by Crippen LogP contribution is -2.31. The first-order valence-electron chi connectivity index (χ1n) is 6.55. The second-order valence-electron chi connectivity index (χ2n) is 5.02. The van der Waals surface area contributed by atoms with Crippen molar-refractivity contribution in [1.29, 1.82) is 0 Å². The molecule has 0 aromatic rings. The number of rotatable bonds is 6. The minimum atomic E-state index is 0.669. The Bertz CT molecular complexity index is 155. The zero-order valence-corrected chi connectivity index (χ0v) is 10.6. The van der Waals surface area contributed by atoms with Crippen molar-refractivity contribution < 1.29 is 4.74 Å². The van der Waals surface area contributed by atoms with E-state index in [1.54, 1.807) is 0 Å². The van der Waals surface area contributed by atoms with E-state index in [-0.39, 0.29) is 0 Å². The molecule has 0 aromatic heterocycles. The molecule has 1 saturated heterocycles. The molecule has 15 heavy (non-hydrogen) atoms. The molecular weight excluding hydrogens is 186 g/mol. The van der Waals surface area contributed by atoms with E-state index in [4.69, 9.17) is 4.74 Å². The monoisotopic (exact) mass is 213 g/mol. The van der Waals surface area contributed by atoms with Crippen LogP contribution >= 0.6 is 0 Å². The molecule has 2 atom stereocenters. The maximum atomic E-state index is 5.40. The van der Waals surface area contributed by atoms with Crippen LogP contribution in [0.5, 0.6) is 0 Å². The van der Waals surface area contributed by atoms with Gasteiger partial charge >= 0.3 is 0 Å². The van der Waals surface area contributed by atoms with Crippen LogP contribution in [0.25, 0.3) is 0 Å². The third-order valence-corrected chi connectivity index (χ3v) is 3.54. The summed E-state index contributed by atoms with van der Waals surface area (Å²) in [6.07, 6.45) is 5.07. The van der Waals surface area contributed by atoms with Gasteiger partial charge in [-0.3, -0.25) is 0 Å². The highest BCUT2D eigenvalue weighted by Gasteiger charge is 2.21. The van der Waals surface area contributed by atoms with Crippen molar-refractivity contribution in [2.24, 2.45) is 11.8 Å². The molecule has 0 amide bonds. The van der Waals surface area contributed by atoms with Crippen LogP contribution in [-0.2, 0) is 4.74 Å². The predicted octanol–water partition coefficient (Wildman–Crippen LogP) is 2.83. The van der Waals surface area contributed by atoms with Gasteiger partial charge in [-0.25, -0.2) is 0 Å². The van der Waals surface area contributed by atoms with Crippen molar-refractivity contribution in [2.75, 3.05) is 19.8 Å². The first-order chi connectivity index (χ1) is 7.24. The summed E-state index contributed by atoms with van der Waals surface area (Å²) in [6, 6.07) is 0.669. The lowest BCUT2D eigenvalue weighted by atomic mass is 9.83. The van der Waals surface area contributed by atoms with Gasteiger partial charge in [0.15, 0.2) is 0 Å². The smallest absolute Gasteiger partial charge is 0.0468 e. The first-order valence-corrected chi connectivity index (χ1v) is 6.55. The third kappa shape index (κ3) is 4.98. The zero-order chi connectivity index (χ0) is 11.1. The number of ether oxygens (including phenoxy) is 1. The predicted molar refractivity (Wildman–Crippen MR) is 65.1 cm³/mol. The highest BCUT2D eigenvalue weighted by Crippen LogP contribution is 2.26. The normalized spacial score (nSPS) is 22.6. The van der Waals surface area contributed by atoms with E-state index in [9.17, 15) is 0 Å². The van der Waals surface area contributed by atoms with Crippen molar-refractivity contribution >= 4 is 0 Å². The molecule has 0 aromatic carbocycles. The molecule has 1 N–H and O–H groups in total. The largest absolute Gasteiger partial charge is 0.381 e. The Balaban J connectivity index is 2.17. The number of nitrogens with one attached hydrogen (secondary N) is 1. The molecule has 1 fully saturated rings. The molecular formula is C13H27NO. The Morgan fingerprint density at radius 2 is 1.93 bits per heavy atom. The van der Waals surface area contributed by atoms with Crippen LogP contribution in [0.15, 0.2) is 0 Å². The van der Waals surface area contributed by atoms with Gasteiger partial charge in [0.05, 0.1) is 0 Å². The van der Waals surface area contributed by atoms with Crippen LogP contribution in [-0.4, -0.2) is 25.8 Å². The molecule has 2 heteroatoms. The summed E-state index contributed by atoms with van der Waals surface area (Å²) >= 11 is 0. The summed E-state index contributed by atoms with van der Waals surface area (Å²) < 4.78 is 5.40. The fourth-order valence-corrected chi connectivity index (χ4v) is 2.51. The van der Waals surface area contributed by atoms with E-state index >= 15 is 0 Å². The lowest BCUT2D eigenvalue weighted by Gasteiger charge is -2.29. The lowest BCUT2D eigenvalue weighted by molar-refractivity contribution is 0.0466. The van der Waals surface area contributed by atoms with E-state index < -0.39 is 0 Å². The fourth-order valence-electron chi connectivity index (χ4n) is 2.51. The minimum absolute atomic E-state index is 0.669. The average Bonchev–Trinajstić information content (AvgIpc) is 2.27. The van der Waals surface area contributed by atoms with Crippen LogP contribution in [0.3, 0.4) is 0 Å². The number of hydrogen-bond donors (Lipinski definition) is 1. The molecule has 0 bridgehead atoms. The summed E-state index contributed by atoms with van der Waals surface area (Å²) in [4.78, 5) is 0. The highest BCUT2D eigenvalue weighted by atomic mass is 16.5. The minimum Gasteiger partial charge on any atom is -0.381 e. The topological polar surface area (TPSA) is 21.3 Å². The van der Waals surface area contributed by atoms with E-state index in [0.717, 1.165) is 31.6 Å². The molecule has 1 aliphatic rings. The molecule has 0 radical (unpaired) electrons. The van der Waals surface area contributed by atoms with Gasteiger partial charge in [0.2, 0.25) is 0 Å².